The molecule has 3 nitrogen and oxygen atoms in total. The lowest BCUT2D eigenvalue weighted by molar-refractivity contribution is 0.285. The van der Waals surface area contributed by atoms with E-state index >= 15 is 0 Å². The van der Waals surface area contributed by atoms with Gasteiger partial charge in [-0.1, -0.05) is 42.5 Å². The summed E-state index contributed by atoms with van der Waals surface area (Å²) in [6.07, 6.45) is 0.867. The number of hydrazine groups is 1. The molecule has 0 saturated carbocycles. The van der Waals surface area contributed by atoms with E-state index in [2.05, 4.69) is 64.9 Å². The van der Waals surface area contributed by atoms with Crippen molar-refractivity contribution in [1.82, 2.24) is 10.4 Å². The van der Waals surface area contributed by atoms with Crippen LogP contribution in [-0.2, 0) is 6.42 Å². The third kappa shape index (κ3) is 2.22. The molecule has 3 heteroatoms. The molecule has 0 spiro atoms. The second-order valence-electron chi connectivity index (χ2n) is 4.68. The summed E-state index contributed by atoms with van der Waals surface area (Å²) in [6, 6.07) is 15.0. The molecular weight excluding hydrogens is 222 g/mol. The van der Waals surface area contributed by atoms with Gasteiger partial charge in [0.05, 0.1) is 6.54 Å². The molecule has 1 N–H and O–H groups in total. The van der Waals surface area contributed by atoms with E-state index in [9.17, 15) is 0 Å². The van der Waals surface area contributed by atoms with Crippen LogP contribution in [-0.4, -0.2) is 31.0 Å². The molecule has 92 valence electrons. The van der Waals surface area contributed by atoms with Gasteiger partial charge in [-0.3, -0.25) is 4.99 Å². The van der Waals surface area contributed by atoms with Crippen LogP contribution in [0.3, 0.4) is 0 Å². The van der Waals surface area contributed by atoms with Crippen LogP contribution in [0.4, 0.5) is 0 Å². The van der Waals surface area contributed by atoms with E-state index in [0.717, 1.165) is 25.3 Å². The molecule has 1 aliphatic rings. The van der Waals surface area contributed by atoms with Crippen LogP contribution in [0.1, 0.15) is 5.56 Å². The molecule has 18 heavy (non-hydrogen) atoms. The standard InChI is InChI=1S/C15H17N3/c1-18-10-9-16-15(17-18)11-13-7-4-6-12-5-2-3-8-14(12)13/h2-8H,9-11H2,1H3,(H,16,17). The molecule has 3 rings (SSSR count). The molecule has 0 atom stereocenters. The molecule has 2 aromatic rings. The second kappa shape index (κ2) is 4.78. The first-order valence-corrected chi connectivity index (χ1v) is 6.31. The van der Waals surface area contributed by atoms with E-state index in [-0.39, 0.29) is 0 Å². The zero-order valence-corrected chi connectivity index (χ0v) is 10.6. The van der Waals surface area contributed by atoms with E-state index in [1.54, 1.807) is 0 Å². The van der Waals surface area contributed by atoms with Gasteiger partial charge in [0.1, 0.15) is 5.84 Å². The number of likely N-dealkylation sites (N-methyl/N-ethyl adjacent to an activating group) is 1. The summed E-state index contributed by atoms with van der Waals surface area (Å²) in [5.41, 5.74) is 4.64. The Morgan fingerprint density at radius 3 is 2.89 bits per heavy atom. The molecule has 0 saturated heterocycles. The highest BCUT2D eigenvalue weighted by Crippen LogP contribution is 2.19. The van der Waals surface area contributed by atoms with E-state index in [4.69, 9.17) is 0 Å². The maximum Gasteiger partial charge on any atom is 0.115 e. The fourth-order valence-corrected chi connectivity index (χ4v) is 2.37. The Morgan fingerprint density at radius 1 is 1.17 bits per heavy atom. The number of nitrogens with one attached hydrogen (secondary N) is 1. The minimum absolute atomic E-state index is 0.867. The fourth-order valence-electron chi connectivity index (χ4n) is 2.37. The number of hydrogen-bond donors (Lipinski definition) is 1. The highest BCUT2D eigenvalue weighted by Gasteiger charge is 2.10. The Labute approximate surface area is 107 Å². The highest BCUT2D eigenvalue weighted by molar-refractivity contribution is 5.92. The first-order valence-electron chi connectivity index (χ1n) is 6.31. The average Bonchev–Trinajstić information content (AvgIpc) is 2.39. The summed E-state index contributed by atoms with van der Waals surface area (Å²) in [4.78, 5) is 4.55. The molecule has 0 radical (unpaired) electrons. The normalized spacial score (nSPS) is 16.4. The summed E-state index contributed by atoms with van der Waals surface area (Å²) in [5, 5.41) is 4.70. The fraction of sp³-hybridized carbons (Fsp3) is 0.267. The van der Waals surface area contributed by atoms with Crippen molar-refractivity contribution >= 4 is 16.6 Å². The maximum atomic E-state index is 4.55. The monoisotopic (exact) mass is 239 g/mol. The second-order valence-corrected chi connectivity index (χ2v) is 4.68. The third-order valence-electron chi connectivity index (χ3n) is 3.30. The molecule has 2 aromatic carbocycles. The van der Waals surface area contributed by atoms with Crippen molar-refractivity contribution in [2.45, 2.75) is 6.42 Å². The van der Waals surface area contributed by atoms with Gasteiger partial charge >= 0.3 is 0 Å². The Morgan fingerprint density at radius 2 is 2.00 bits per heavy atom. The molecule has 0 aromatic heterocycles. The van der Waals surface area contributed by atoms with Crippen LogP contribution in [0.5, 0.6) is 0 Å². The van der Waals surface area contributed by atoms with Gasteiger partial charge in [-0.2, -0.15) is 0 Å². The Hall–Kier alpha value is -1.87. The lowest BCUT2D eigenvalue weighted by Crippen LogP contribution is -2.45. The molecule has 0 bridgehead atoms. The summed E-state index contributed by atoms with van der Waals surface area (Å²) >= 11 is 0. The van der Waals surface area contributed by atoms with Gasteiger partial charge in [-0.05, 0) is 16.3 Å². The Bertz CT molecular complexity index is 584. The lowest BCUT2D eigenvalue weighted by atomic mass is 10.0. The highest BCUT2D eigenvalue weighted by atomic mass is 15.5. The predicted octanol–water partition coefficient (Wildman–Crippen LogP) is 2.23. The summed E-state index contributed by atoms with van der Waals surface area (Å²) < 4.78 is 0. The number of aliphatic imine (C=N–C) groups is 1. The molecule has 1 aliphatic heterocycles. The Kier molecular flexibility index (Phi) is 2.99. The zero-order chi connectivity index (χ0) is 12.4. The topological polar surface area (TPSA) is 27.6 Å². The number of hydrogen-bond acceptors (Lipinski definition) is 3. The van der Waals surface area contributed by atoms with E-state index in [1.165, 1.54) is 16.3 Å². The number of fused-ring (bicyclic) bond motifs is 1. The first kappa shape index (κ1) is 11.2. The van der Waals surface area contributed by atoms with Gasteiger partial charge in [0.2, 0.25) is 0 Å². The van der Waals surface area contributed by atoms with Crippen molar-refractivity contribution in [3.8, 4) is 0 Å². The van der Waals surface area contributed by atoms with Crippen LogP contribution in [0.15, 0.2) is 47.5 Å². The third-order valence-corrected chi connectivity index (χ3v) is 3.30. The number of benzene rings is 2. The summed E-state index contributed by atoms with van der Waals surface area (Å²) in [6.45, 7) is 1.85. The van der Waals surface area contributed by atoms with Crippen molar-refractivity contribution in [2.75, 3.05) is 20.1 Å². The van der Waals surface area contributed by atoms with Crippen LogP contribution in [0.2, 0.25) is 0 Å². The van der Waals surface area contributed by atoms with Crippen molar-refractivity contribution in [3.05, 3.63) is 48.0 Å². The quantitative estimate of drug-likeness (QED) is 0.870. The first-order chi connectivity index (χ1) is 8.83. The smallest absolute Gasteiger partial charge is 0.115 e. The predicted molar refractivity (Wildman–Crippen MR) is 75.7 cm³/mol. The largest absolute Gasteiger partial charge is 0.307 e. The van der Waals surface area contributed by atoms with Crippen molar-refractivity contribution in [1.29, 1.82) is 0 Å². The van der Waals surface area contributed by atoms with Gasteiger partial charge < -0.3 is 5.43 Å². The Balaban J connectivity index is 1.93. The van der Waals surface area contributed by atoms with Gasteiger partial charge in [-0.25, -0.2) is 5.01 Å². The molecule has 0 aliphatic carbocycles. The summed E-state index contributed by atoms with van der Waals surface area (Å²) in [7, 11) is 2.05. The van der Waals surface area contributed by atoms with E-state index in [1.807, 2.05) is 0 Å². The lowest BCUT2D eigenvalue weighted by Gasteiger charge is -2.24. The maximum absolute atomic E-state index is 4.55. The molecule has 0 fully saturated rings. The van der Waals surface area contributed by atoms with Crippen molar-refractivity contribution in [3.63, 3.8) is 0 Å². The van der Waals surface area contributed by atoms with Crippen LogP contribution in [0.25, 0.3) is 10.8 Å². The number of nitrogens with zero attached hydrogens (tertiary/aromatic N) is 2. The van der Waals surface area contributed by atoms with E-state index < -0.39 is 0 Å². The minimum Gasteiger partial charge on any atom is -0.307 e. The van der Waals surface area contributed by atoms with E-state index in [0.29, 0.717) is 0 Å². The zero-order valence-electron chi connectivity index (χ0n) is 10.6. The van der Waals surface area contributed by atoms with Gasteiger partial charge in [0.25, 0.3) is 0 Å². The van der Waals surface area contributed by atoms with Crippen molar-refractivity contribution < 1.29 is 0 Å². The van der Waals surface area contributed by atoms with Gasteiger partial charge in [0, 0.05) is 20.0 Å². The molecular formula is C15H17N3. The van der Waals surface area contributed by atoms with Crippen LogP contribution < -0.4 is 5.43 Å². The number of amidine groups is 1. The van der Waals surface area contributed by atoms with Gasteiger partial charge in [-0.15, -0.1) is 0 Å². The van der Waals surface area contributed by atoms with Gasteiger partial charge in [0.15, 0.2) is 0 Å². The summed E-state index contributed by atoms with van der Waals surface area (Å²) in [5.74, 6) is 1.06. The van der Waals surface area contributed by atoms with Crippen molar-refractivity contribution in [2.24, 2.45) is 4.99 Å². The molecule has 1 heterocycles. The minimum atomic E-state index is 0.867. The number of rotatable bonds is 2. The van der Waals surface area contributed by atoms with Crippen LogP contribution >= 0.6 is 0 Å². The average molecular weight is 239 g/mol. The molecule has 0 amide bonds. The SMILES string of the molecule is CN1CCN=C(Cc2cccc3ccccc23)N1. The molecule has 0 unspecified atom stereocenters. The van der Waals surface area contributed by atoms with Crippen LogP contribution in [0, 0.1) is 0 Å².